The van der Waals surface area contributed by atoms with E-state index in [0.717, 1.165) is 11.8 Å². The molecular formula is C21H18N2O7S2. The molecule has 1 saturated heterocycles. The minimum Gasteiger partial charge on any atom is -0.490 e. The molecule has 0 aromatic heterocycles. The molecule has 9 nitrogen and oxygen atoms in total. The topological polar surface area (TPSA) is 108 Å². The van der Waals surface area contributed by atoms with E-state index < -0.39 is 10.9 Å². The van der Waals surface area contributed by atoms with Gasteiger partial charge in [-0.05, 0) is 36.8 Å². The van der Waals surface area contributed by atoms with Crippen LogP contribution in [0.2, 0.25) is 0 Å². The number of nitrogens with zero attached hydrogens (tertiary/aromatic N) is 2. The summed E-state index contributed by atoms with van der Waals surface area (Å²) < 4.78 is 15.9. The van der Waals surface area contributed by atoms with Gasteiger partial charge in [-0.3, -0.25) is 19.8 Å². The van der Waals surface area contributed by atoms with Crippen molar-refractivity contribution in [2.75, 3.05) is 25.2 Å². The molecule has 0 aliphatic carbocycles. The molecule has 0 N–H and O–H groups in total. The molecule has 0 atom stereocenters. The summed E-state index contributed by atoms with van der Waals surface area (Å²) in [6.45, 7) is 1.91. The van der Waals surface area contributed by atoms with Gasteiger partial charge in [0.15, 0.2) is 22.4 Å². The SMILES string of the molecule is CCOc1cc(/C=C2\SC(=S)N(c3cccc([N+](=O)[O-])c3)C2=O)ccc1OCC(=O)OC. The third-order valence-electron chi connectivity index (χ3n) is 4.23. The van der Waals surface area contributed by atoms with Crippen LogP contribution in [0, 0.1) is 10.1 Å². The van der Waals surface area contributed by atoms with Crippen molar-refractivity contribution in [3.8, 4) is 11.5 Å². The normalized spacial score (nSPS) is 14.6. The van der Waals surface area contributed by atoms with Crippen LogP contribution in [0.5, 0.6) is 11.5 Å². The molecule has 1 aliphatic heterocycles. The van der Waals surface area contributed by atoms with Crippen molar-refractivity contribution in [3.05, 3.63) is 63.0 Å². The highest BCUT2D eigenvalue weighted by molar-refractivity contribution is 8.27. The van der Waals surface area contributed by atoms with E-state index in [1.54, 1.807) is 37.3 Å². The van der Waals surface area contributed by atoms with Gasteiger partial charge in [-0.1, -0.05) is 36.1 Å². The Balaban J connectivity index is 1.86. The van der Waals surface area contributed by atoms with E-state index in [1.165, 1.54) is 30.2 Å². The van der Waals surface area contributed by atoms with Crippen molar-refractivity contribution >= 4 is 57.6 Å². The van der Waals surface area contributed by atoms with Crippen molar-refractivity contribution in [2.45, 2.75) is 6.92 Å². The fraction of sp³-hybridized carbons (Fsp3) is 0.190. The third-order valence-corrected chi connectivity index (χ3v) is 5.53. The molecule has 0 spiro atoms. The first-order valence-electron chi connectivity index (χ1n) is 9.33. The van der Waals surface area contributed by atoms with Gasteiger partial charge in [-0.2, -0.15) is 0 Å². The van der Waals surface area contributed by atoms with Gasteiger partial charge in [0.05, 0.1) is 29.2 Å². The Labute approximate surface area is 193 Å². The number of thiocarbonyl (C=S) groups is 1. The zero-order valence-corrected chi connectivity index (χ0v) is 18.7. The lowest BCUT2D eigenvalue weighted by molar-refractivity contribution is -0.384. The summed E-state index contributed by atoms with van der Waals surface area (Å²) in [7, 11) is 1.27. The van der Waals surface area contributed by atoms with Crippen molar-refractivity contribution in [1.29, 1.82) is 0 Å². The number of esters is 1. The number of non-ortho nitro benzene ring substituents is 1. The highest BCUT2D eigenvalue weighted by Gasteiger charge is 2.34. The highest BCUT2D eigenvalue weighted by Crippen LogP contribution is 2.38. The Morgan fingerprint density at radius 3 is 2.69 bits per heavy atom. The van der Waals surface area contributed by atoms with Crippen LogP contribution in [0.3, 0.4) is 0 Å². The maximum Gasteiger partial charge on any atom is 0.343 e. The molecule has 1 fully saturated rings. The summed E-state index contributed by atoms with van der Waals surface area (Å²) in [6.07, 6.45) is 1.64. The molecule has 0 bridgehead atoms. The lowest BCUT2D eigenvalue weighted by Crippen LogP contribution is -2.27. The number of methoxy groups -OCH3 is 1. The fourth-order valence-electron chi connectivity index (χ4n) is 2.78. The number of nitro benzene ring substituents is 1. The second-order valence-corrected chi connectivity index (χ2v) is 7.97. The van der Waals surface area contributed by atoms with Crippen molar-refractivity contribution in [2.24, 2.45) is 0 Å². The summed E-state index contributed by atoms with van der Waals surface area (Å²) in [5.41, 5.74) is 0.842. The van der Waals surface area contributed by atoms with Crippen LogP contribution >= 0.6 is 24.0 Å². The van der Waals surface area contributed by atoms with E-state index in [2.05, 4.69) is 4.74 Å². The van der Waals surface area contributed by atoms with Crippen LogP contribution in [0.4, 0.5) is 11.4 Å². The first-order chi connectivity index (χ1) is 15.3. The zero-order chi connectivity index (χ0) is 23.3. The Hall–Kier alpha value is -3.44. The largest absolute Gasteiger partial charge is 0.490 e. The first kappa shape index (κ1) is 23.2. The van der Waals surface area contributed by atoms with Gasteiger partial charge < -0.3 is 14.2 Å². The number of amides is 1. The number of ether oxygens (including phenoxy) is 3. The number of rotatable bonds is 8. The summed E-state index contributed by atoms with van der Waals surface area (Å²) in [4.78, 5) is 36.4. The molecule has 0 unspecified atom stereocenters. The Bertz CT molecular complexity index is 1120. The molecule has 0 radical (unpaired) electrons. The second kappa shape index (κ2) is 10.2. The molecule has 0 saturated carbocycles. The smallest absolute Gasteiger partial charge is 0.343 e. The quantitative estimate of drug-likeness (QED) is 0.185. The molecule has 3 rings (SSSR count). The number of hydrogen-bond acceptors (Lipinski definition) is 9. The molecule has 166 valence electrons. The van der Waals surface area contributed by atoms with E-state index in [9.17, 15) is 19.7 Å². The zero-order valence-electron chi connectivity index (χ0n) is 17.1. The van der Waals surface area contributed by atoms with Crippen LogP contribution in [-0.4, -0.2) is 41.4 Å². The van der Waals surface area contributed by atoms with Gasteiger partial charge >= 0.3 is 5.97 Å². The Morgan fingerprint density at radius 2 is 2.00 bits per heavy atom. The lowest BCUT2D eigenvalue weighted by Gasteiger charge is -2.14. The molecule has 2 aromatic rings. The van der Waals surface area contributed by atoms with Crippen LogP contribution in [0.1, 0.15) is 12.5 Å². The van der Waals surface area contributed by atoms with Gasteiger partial charge in [0.25, 0.3) is 11.6 Å². The molecule has 1 heterocycles. The van der Waals surface area contributed by atoms with Gasteiger partial charge in [0, 0.05) is 12.1 Å². The third kappa shape index (κ3) is 5.24. The lowest BCUT2D eigenvalue weighted by atomic mass is 10.1. The number of carbonyl (C=O) groups excluding carboxylic acids is 2. The molecule has 1 aliphatic rings. The first-order valence-corrected chi connectivity index (χ1v) is 10.6. The van der Waals surface area contributed by atoms with Crippen molar-refractivity contribution in [1.82, 2.24) is 0 Å². The number of benzene rings is 2. The van der Waals surface area contributed by atoms with E-state index in [0.29, 0.717) is 34.3 Å². The minimum absolute atomic E-state index is 0.135. The maximum absolute atomic E-state index is 13.0. The maximum atomic E-state index is 13.0. The average molecular weight is 475 g/mol. The summed E-state index contributed by atoms with van der Waals surface area (Å²) in [5, 5.41) is 11.1. The van der Waals surface area contributed by atoms with Gasteiger partial charge in [-0.15, -0.1) is 0 Å². The minimum atomic E-state index is -0.532. The van der Waals surface area contributed by atoms with Crippen LogP contribution in [0.25, 0.3) is 6.08 Å². The van der Waals surface area contributed by atoms with Gasteiger partial charge in [0.2, 0.25) is 0 Å². The van der Waals surface area contributed by atoms with Crippen LogP contribution in [-0.2, 0) is 14.3 Å². The average Bonchev–Trinajstić information content (AvgIpc) is 3.05. The van der Waals surface area contributed by atoms with Crippen LogP contribution < -0.4 is 14.4 Å². The van der Waals surface area contributed by atoms with Crippen LogP contribution in [0.15, 0.2) is 47.4 Å². The highest BCUT2D eigenvalue weighted by atomic mass is 32.2. The number of anilines is 1. The van der Waals surface area contributed by atoms with E-state index >= 15 is 0 Å². The van der Waals surface area contributed by atoms with Crippen molar-refractivity contribution < 1.29 is 28.7 Å². The number of nitro groups is 1. The molecular weight excluding hydrogens is 456 g/mol. The molecule has 11 heteroatoms. The summed E-state index contributed by atoms with van der Waals surface area (Å²) in [6, 6.07) is 10.7. The Morgan fingerprint density at radius 1 is 1.22 bits per heavy atom. The summed E-state index contributed by atoms with van der Waals surface area (Å²) in [5.74, 6) is -0.149. The Kier molecular flexibility index (Phi) is 7.44. The molecule has 1 amide bonds. The predicted octanol–water partition coefficient (Wildman–Crippen LogP) is 3.95. The van der Waals surface area contributed by atoms with Crippen molar-refractivity contribution in [3.63, 3.8) is 0 Å². The number of hydrogen-bond donors (Lipinski definition) is 0. The molecule has 2 aromatic carbocycles. The standard InChI is InChI=1S/C21H18N2O7S2/c1-3-29-17-9-13(7-8-16(17)30-12-19(24)28-2)10-18-20(25)22(21(31)32-18)14-5-4-6-15(11-14)23(26)27/h4-11H,3,12H2,1-2H3/b18-10-. The summed E-state index contributed by atoms with van der Waals surface area (Å²) >= 11 is 6.42. The fourth-order valence-corrected chi connectivity index (χ4v) is 4.08. The van der Waals surface area contributed by atoms with Gasteiger partial charge in [0.1, 0.15) is 0 Å². The predicted molar refractivity (Wildman–Crippen MR) is 124 cm³/mol. The molecule has 32 heavy (non-hydrogen) atoms. The number of carbonyl (C=O) groups is 2. The van der Waals surface area contributed by atoms with E-state index in [4.69, 9.17) is 21.7 Å². The monoisotopic (exact) mass is 474 g/mol. The number of thioether (sulfide) groups is 1. The van der Waals surface area contributed by atoms with E-state index in [-0.39, 0.29) is 22.5 Å². The second-order valence-electron chi connectivity index (χ2n) is 6.30. The van der Waals surface area contributed by atoms with E-state index in [1.807, 2.05) is 0 Å². The van der Waals surface area contributed by atoms with Gasteiger partial charge in [-0.25, -0.2) is 4.79 Å².